The van der Waals surface area contributed by atoms with Crippen LogP contribution < -0.4 is 9.47 Å². The molecule has 160 valence electrons. The van der Waals surface area contributed by atoms with Crippen LogP contribution in [0.3, 0.4) is 0 Å². The Kier molecular flexibility index (Phi) is 5.23. The summed E-state index contributed by atoms with van der Waals surface area (Å²) in [6.07, 6.45) is 6.37. The fourth-order valence-electron chi connectivity index (χ4n) is 4.12. The molecule has 1 aliphatic rings. The predicted octanol–water partition coefficient (Wildman–Crippen LogP) is 5.94. The van der Waals surface area contributed by atoms with E-state index in [1.807, 2.05) is 79.5 Å². The lowest BCUT2D eigenvalue weighted by Gasteiger charge is -2.14. The smallest absolute Gasteiger partial charge is 0.174 e. The average Bonchev–Trinajstić information content (AvgIpc) is 3.16. The molecule has 0 spiro atoms. The first-order chi connectivity index (χ1) is 15.6. The van der Waals surface area contributed by atoms with Crippen LogP contribution in [0.5, 0.6) is 17.2 Å². The minimum atomic E-state index is -0.225. The van der Waals surface area contributed by atoms with Crippen LogP contribution in [-0.2, 0) is 7.05 Å². The van der Waals surface area contributed by atoms with Crippen LogP contribution in [0.2, 0.25) is 0 Å². The highest BCUT2D eigenvalue weighted by atomic mass is 16.5. The van der Waals surface area contributed by atoms with Crippen molar-refractivity contribution >= 4 is 5.78 Å². The second kappa shape index (κ2) is 8.35. The number of benzene rings is 2. The number of hydrogen-bond acceptors (Lipinski definition) is 4. The first-order valence-electron chi connectivity index (χ1n) is 10.7. The highest BCUT2D eigenvalue weighted by Gasteiger charge is 2.28. The van der Waals surface area contributed by atoms with Gasteiger partial charge in [-0.3, -0.25) is 9.78 Å². The molecule has 2 aromatic carbocycles. The number of aromatic nitrogens is 2. The maximum Gasteiger partial charge on any atom is 0.174 e. The molecule has 0 fully saturated rings. The Morgan fingerprint density at radius 1 is 1.06 bits per heavy atom. The SMILES string of the molecule is Cc1cccc(C2CCOc3ccc(Oc4ccnc(-c5ccn(C)c5)c4)cc3C2=O)c1. The standard InChI is InChI=1S/C27H24N2O3/c1-18-4-3-5-19(14-18)23-10-13-31-26-7-6-21(15-24(26)27(23)30)32-22-8-11-28-25(16-22)20-9-12-29(2)17-20/h3-9,11-12,14-17,23H,10,13H2,1-2H3. The van der Waals surface area contributed by atoms with Gasteiger partial charge < -0.3 is 14.0 Å². The Morgan fingerprint density at radius 3 is 2.75 bits per heavy atom. The molecule has 0 radical (unpaired) electrons. The number of ketones is 1. The molecule has 0 aliphatic carbocycles. The molecule has 0 amide bonds. The summed E-state index contributed by atoms with van der Waals surface area (Å²) in [6, 6.07) is 19.3. The molecule has 1 atom stereocenters. The molecular formula is C27H24N2O3. The summed E-state index contributed by atoms with van der Waals surface area (Å²) in [4.78, 5) is 17.9. The highest BCUT2D eigenvalue weighted by molar-refractivity contribution is 6.03. The molecule has 4 aromatic rings. The minimum Gasteiger partial charge on any atom is -0.493 e. The molecule has 5 nitrogen and oxygen atoms in total. The maximum atomic E-state index is 13.4. The average molecular weight is 425 g/mol. The lowest BCUT2D eigenvalue weighted by atomic mass is 9.88. The molecule has 0 saturated carbocycles. The van der Waals surface area contributed by atoms with E-state index in [2.05, 4.69) is 11.1 Å². The van der Waals surface area contributed by atoms with Gasteiger partial charge in [-0.1, -0.05) is 29.8 Å². The van der Waals surface area contributed by atoms with Gasteiger partial charge in [0.2, 0.25) is 0 Å². The summed E-state index contributed by atoms with van der Waals surface area (Å²) in [5, 5.41) is 0. The normalized spacial score (nSPS) is 15.6. The maximum absolute atomic E-state index is 13.4. The molecule has 3 heterocycles. The number of Topliss-reactive ketones (excluding diaryl/α,β-unsaturated/α-hetero) is 1. The molecule has 1 aliphatic heterocycles. The third-order valence-corrected chi connectivity index (χ3v) is 5.74. The highest BCUT2D eigenvalue weighted by Crippen LogP contribution is 2.36. The number of hydrogen-bond donors (Lipinski definition) is 0. The molecular weight excluding hydrogens is 400 g/mol. The van der Waals surface area contributed by atoms with E-state index in [0.717, 1.165) is 22.4 Å². The zero-order chi connectivity index (χ0) is 22.1. The first-order valence-corrected chi connectivity index (χ1v) is 10.7. The van der Waals surface area contributed by atoms with Gasteiger partial charge in [0.25, 0.3) is 0 Å². The van der Waals surface area contributed by atoms with Gasteiger partial charge in [0.1, 0.15) is 17.2 Å². The number of carbonyl (C=O) groups excluding carboxylic acids is 1. The van der Waals surface area contributed by atoms with Crippen LogP contribution in [0.25, 0.3) is 11.3 Å². The zero-order valence-corrected chi connectivity index (χ0v) is 18.1. The van der Waals surface area contributed by atoms with Gasteiger partial charge in [-0.15, -0.1) is 0 Å². The fraction of sp³-hybridized carbons (Fsp3) is 0.185. The monoisotopic (exact) mass is 424 g/mol. The number of fused-ring (bicyclic) bond motifs is 1. The van der Waals surface area contributed by atoms with Crippen molar-refractivity contribution in [2.24, 2.45) is 7.05 Å². The van der Waals surface area contributed by atoms with E-state index >= 15 is 0 Å². The van der Waals surface area contributed by atoms with E-state index in [4.69, 9.17) is 9.47 Å². The summed E-state index contributed by atoms with van der Waals surface area (Å²) in [5.41, 5.74) is 4.58. The van der Waals surface area contributed by atoms with Crippen molar-refractivity contribution in [2.75, 3.05) is 6.61 Å². The van der Waals surface area contributed by atoms with E-state index in [1.54, 1.807) is 12.3 Å². The van der Waals surface area contributed by atoms with Crippen LogP contribution in [0.15, 0.2) is 79.3 Å². The van der Waals surface area contributed by atoms with E-state index in [1.165, 1.54) is 0 Å². The number of nitrogens with zero attached hydrogens (tertiary/aromatic N) is 2. The lowest BCUT2D eigenvalue weighted by Crippen LogP contribution is -2.12. The van der Waals surface area contributed by atoms with Crippen LogP contribution in [0.1, 0.15) is 33.8 Å². The predicted molar refractivity (Wildman–Crippen MR) is 124 cm³/mol. The van der Waals surface area contributed by atoms with Gasteiger partial charge in [0.05, 0.1) is 23.8 Å². The van der Waals surface area contributed by atoms with Crippen LogP contribution in [-0.4, -0.2) is 21.9 Å². The van der Waals surface area contributed by atoms with Gasteiger partial charge >= 0.3 is 0 Å². The number of aryl methyl sites for hydroxylation is 2. The molecule has 5 heteroatoms. The van der Waals surface area contributed by atoms with Crippen molar-refractivity contribution in [1.29, 1.82) is 0 Å². The van der Waals surface area contributed by atoms with E-state index in [9.17, 15) is 4.79 Å². The van der Waals surface area contributed by atoms with Crippen molar-refractivity contribution in [3.63, 3.8) is 0 Å². The zero-order valence-electron chi connectivity index (χ0n) is 18.1. The van der Waals surface area contributed by atoms with Crippen molar-refractivity contribution in [3.8, 4) is 28.5 Å². The first kappa shape index (κ1) is 20.1. The number of pyridine rings is 1. The topological polar surface area (TPSA) is 53.4 Å². The van der Waals surface area contributed by atoms with Crippen LogP contribution in [0, 0.1) is 6.92 Å². The number of rotatable bonds is 4. The molecule has 0 bridgehead atoms. The molecule has 1 unspecified atom stereocenters. The molecule has 2 aromatic heterocycles. The Morgan fingerprint density at radius 2 is 1.94 bits per heavy atom. The van der Waals surface area contributed by atoms with Gasteiger partial charge in [-0.25, -0.2) is 0 Å². The second-order valence-corrected chi connectivity index (χ2v) is 8.17. The summed E-state index contributed by atoms with van der Waals surface area (Å²) in [6.45, 7) is 2.54. The lowest BCUT2D eigenvalue weighted by molar-refractivity contribution is 0.0958. The van der Waals surface area contributed by atoms with E-state index < -0.39 is 0 Å². The largest absolute Gasteiger partial charge is 0.493 e. The van der Waals surface area contributed by atoms with Crippen LogP contribution in [0.4, 0.5) is 0 Å². The molecule has 0 N–H and O–H groups in total. The van der Waals surface area contributed by atoms with Crippen molar-refractivity contribution in [2.45, 2.75) is 19.3 Å². The summed E-state index contributed by atoms with van der Waals surface area (Å²) in [5.74, 6) is 1.70. The number of ether oxygens (including phenoxy) is 2. The van der Waals surface area contributed by atoms with Gasteiger partial charge in [-0.05, 0) is 49.2 Å². The molecule has 0 saturated heterocycles. The Bertz CT molecular complexity index is 1290. The van der Waals surface area contributed by atoms with Gasteiger partial charge in [-0.2, -0.15) is 0 Å². The molecule has 5 rings (SSSR count). The van der Waals surface area contributed by atoms with Crippen molar-refractivity contribution < 1.29 is 14.3 Å². The van der Waals surface area contributed by atoms with Gasteiger partial charge in [0, 0.05) is 37.3 Å². The minimum absolute atomic E-state index is 0.0632. The summed E-state index contributed by atoms with van der Waals surface area (Å²) >= 11 is 0. The Hall–Kier alpha value is -3.86. The van der Waals surface area contributed by atoms with Crippen molar-refractivity contribution in [1.82, 2.24) is 9.55 Å². The Balaban J connectivity index is 1.44. The Labute approximate surface area is 187 Å². The van der Waals surface area contributed by atoms with Crippen LogP contribution >= 0.6 is 0 Å². The third-order valence-electron chi connectivity index (χ3n) is 5.74. The fourth-order valence-corrected chi connectivity index (χ4v) is 4.12. The van der Waals surface area contributed by atoms with Crippen molar-refractivity contribution in [3.05, 3.63) is 95.9 Å². The molecule has 32 heavy (non-hydrogen) atoms. The quantitative estimate of drug-likeness (QED) is 0.407. The van der Waals surface area contributed by atoms with E-state index in [-0.39, 0.29) is 11.7 Å². The second-order valence-electron chi connectivity index (χ2n) is 8.17. The van der Waals surface area contributed by atoms with Gasteiger partial charge in [0.15, 0.2) is 5.78 Å². The number of carbonyl (C=O) groups is 1. The van der Waals surface area contributed by atoms with E-state index in [0.29, 0.717) is 35.8 Å². The summed E-state index contributed by atoms with van der Waals surface area (Å²) < 4.78 is 14.0. The summed E-state index contributed by atoms with van der Waals surface area (Å²) in [7, 11) is 1.97. The third kappa shape index (κ3) is 4.02.